The number of pyridine rings is 1. The fourth-order valence-electron chi connectivity index (χ4n) is 1.82. The summed E-state index contributed by atoms with van der Waals surface area (Å²) in [7, 11) is 1.73. The molecule has 0 radical (unpaired) electrons. The highest BCUT2D eigenvalue weighted by molar-refractivity contribution is 7.07. The third-order valence-electron chi connectivity index (χ3n) is 3.08. The number of hydrogen-bond donors (Lipinski definition) is 1. The summed E-state index contributed by atoms with van der Waals surface area (Å²) < 4.78 is 0. The second-order valence-corrected chi connectivity index (χ2v) is 5.25. The van der Waals surface area contributed by atoms with Gasteiger partial charge in [0.2, 0.25) is 0 Å². The molecule has 0 saturated carbocycles. The van der Waals surface area contributed by atoms with Gasteiger partial charge in [0.15, 0.2) is 5.69 Å². The zero-order valence-corrected chi connectivity index (χ0v) is 11.7. The molecule has 0 saturated heterocycles. The highest BCUT2D eigenvalue weighted by Crippen LogP contribution is 2.17. The van der Waals surface area contributed by atoms with Gasteiger partial charge in [-0.05, 0) is 47.9 Å². The quantitative estimate of drug-likeness (QED) is 0.933. The lowest BCUT2D eigenvalue weighted by atomic mass is 10.1. The molecule has 0 aliphatic carbocycles. The number of aromatic hydroxyl groups is 1. The third-order valence-corrected chi connectivity index (χ3v) is 3.81. The van der Waals surface area contributed by atoms with Crippen molar-refractivity contribution in [2.24, 2.45) is 0 Å². The van der Waals surface area contributed by atoms with Crippen LogP contribution in [-0.2, 0) is 6.42 Å². The van der Waals surface area contributed by atoms with E-state index in [9.17, 15) is 9.90 Å². The number of hydrogen-bond acceptors (Lipinski definition) is 4. The first-order valence-electron chi connectivity index (χ1n) is 6.02. The molecule has 1 N–H and O–H groups in total. The Morgan fingerprint density at radius 3 is 2.95 bits per heavy atom. The van der Waals surface area contributed by atoms with Crippen molar-refractivity contribution < 1.29 is 9.90 Å². The van der Waals surface area contributed by atoms with Crippen molar-refractivity contribution in [2.75, 3.05) is 7.05 Å². The van der Waals surface area contributed by atoms with Gasteiger partial charge in [0, 0.05) is 19.3 Å². The summed E-state index contributed by atoms with van der Waals surface area (Å²) in [6, 6.07) is 5.17. The van der Waals surface area contributed by atoms with Gasteiger partial charge >= 0.3 is 0 Å². The van der Waals surface area contributed by atoms with Gasteiger partial charge in [0.25, 0.3) is 5.91 Å². The molecule has 100 valence electrons. The molecule has 2 heterocycles. The number of carbonyl (C=O) groups excluding carboxylic acids is 1. The number of carbonyl (C=O) groups is 1. The Morgan fingerprint density at radius 1 is 1.53 bits per heavy atom. The summed E-state index contributed by atoms with van der Waals surface area (Å²) in [5, 5.41) is 13.8. The van der Waals surface area contributed by atoms with Gasteiger partial charge < -0.3 is 10.0 Å². The molecule has 4 nitrogen and oxygen atoms in total. The van der Waals surface area contributed by atoms with Gasteiger partial charge in [0.1, 0.15) is 5.75 Å². The summed E-state index contributed by atoms with van der Waals surface area (Å²) >= 11 is 1.64. The predicted molar refractivity (Wildman–Crippen MR) is 75.5 cm³/mol. The smallest absolute Gasteiger partial charge is 0.276 e. The van der Waals surface area contributed by atoms with E-state index in [4.69, 9.17) is 0 Å². The number of nitrogens with zero attached hydrogens (tertiary/aromatic N) is 2. The molecule has 2 aromatic rings. The van der Waals surface area contributed by atoms with E-state index in [0.29, 0.717) is 0 Å². The fourth-order valence-corrected chi connectivity index (χ4v) is 2.50. The zero-order valence-electron chi connectivity index (χ0n) is 10.9. The number of likely N-dealkylation sites (N-methyl/N-ethyl adjacent to an activating group) is 1. The van der Waals surface area contributed by atoms with Gasteiger partial charge in [-0.2, -0.15) is 11.3 Å². The van der Waals surface area contributed by atoms with Crippen LogP contribution in [0.1, 0.15) is 23.0 Å². The van der Waals surface area contributed by atoms with Crippen LogP contribution in [-0.4, -0.2) is 34.0 Å². The third kappa shape index (κ3) is 3.12. The van der Waals surface area contributed by atoms with E-state index < -0.39 is 0 Å². The summed E-state index contributed by atoms with van der Waals surface area (Å²) in [5.41, 5.74) is 1.31. The number of aromatic nitrogens is 1. The minimum atomic E-state index is -0.263. The fraction of sp³-hybridized carbons (Fsp3) is 0.286. The molecule has 0 aliphatic rings. The molecule has 0 aliphatic heterocycles. The van der Waals surface area contributed by atoms with Crippen LogP contribution < -0.4 is 0 Å². The van der Waals surface area contributed by atoms with Crippen LogP contribution in [0.25, 0.3) is 0 Å². The number of amides is 1. The van der Waals surface area contributed by atoms with Crippen molar-refractivity contribution in [1.82, 2.24) is 9.88 Å². The Balaban J connectivity index is 2.09. The Hall–Kier alpha value is -1.88. The topological polar surface area (TPSA) is 53.4 Å². The zero-order chi connectivity index (χ0) is 13.8. The average Bonchev–Trinajstić information content (AvgIpc) is 2.90. The molecular weight excluding hydrogens is 260 g/mol. The molecule has 5 heteroatoms. The van der Waals surface area contributed by atoms with Crippen LogP contribution in [0.2, 0.25) is 0 Å². The van der Waals surface area contributed by atoms with Crippen molar-refractivity contribution >= 4 is 17.2 Å². The monoisotopic (exact) mass is 276 g/mol. The molecular formula is C14H16N2O2S. The van der Waals surface area contributed by atoms with E-state index in [1.807, 2.05) is 12.3 Å². The Morgan fingerprint density at radius 2 is 2.32 bits per heavy atom. The number of rotatable bonds is 4. The SMILES string of the molecule is C[C@@H](Cc1ccsc1)N(C)C(=O)c1ncccc1O. The van der Waals surface area contributed by atoms with Gasteiger partial charge in [-0.3, -0.25) is 4.79 Å². The average molecular weight is 276 g/mol. The molecule has 0 unspecified atom stereocenters. The maximum Gasteiger partial charge on any atom is 0.276 e. The number of thiophene rings is 1. The Labute approximate surface area is 116 Å². The highest BCUT2D eigenvalue weighted by atomic mass is 32.1. The van der Waals surface area contributed by atoms with Crippen LogP contribution in [0.3, 0.4) is 0 Å². The molecule has 0 spiro atoms. The second-order valence-electron chi connectivity index (χ2n) is 4.47. The van der Waals surface area contributed by atoms with E-state index in [1.54, 1.807) is 29.4 Å². The van der Waals surface area contributed by atoms with Gasteiger partial charge in [0.05, 0.1) is 0 Å². The van der Waals surface area contributed by atoms with Crippen LogP contribution >= 0.6 is 11.3 Å². The lowest BCUT2D eigenvalue weighted by molar-refractivity contribution is 0.0734. The van der Waals surface area contributed by atoms with E-state index in [2.05, 4.69) is 16.4 Å². The van der Waals surface area contributed by atoms with E-state index in [-0.39, 0.29) is 23.4 Å². The highest BCUT2D eigenvalue weighted by Gasteiger charge is 2.21. The van der Waals surface area contributed by atoms with Gasteiger partial charge in [-0.25, -0.2) is 4.98 Å². The maximum atomic E-state index is 12.2. The summed E-state index contributed by atoms with van der Waals surface area (Å²) in [6.45, 7) is 1.98. The van der Waals surface area contributed by atoms with Crippen LogP contribution in [0.4, 0.5) is 0 Å². The second kappa shape index (κ2) is 5.84. The molecule has 2 rings (SSSR count). The minimum Gasteiger partial charge on any atom is -0.505 e. The van der Waals surface area contributed by atoms with Gasteiger partial charge in [-0.15, -0.1) is 0 Å². The molecule has 19 heavy (non-hydrogen) atoms. The van der Waals surface area contributed by atoms with Crippen molar-refractivity contribution in [3.8, 4) is 5.75 Å². The van der Waals surface area contributed by atoms with Crippen molar-refractivity contribution in [3.05, 3.63) is 46.4 Å². The van der Waals surface area contributed by atoms with Crippen molar-refractivity contribution in [2.45, 2.75) is 19.4 Å². The largest absolute Gasteiger partial charge is 0.505 e. The first-order chi connectivity index (χ1) is 9.09. The first kappa shape index (κ1) is 13.5. The molecule has 0 bridgehead atoms. The molecule has 0 aromatic carbocycles. The predicted octanol–water partition coefficient (Wildman–Crippen LogP) is 2.55. The normalized spacial score (nSPS) is 12.1. The molecule has 0 fully saturated rings. The van der Waals surface area contributed by atoms with Crippen molar-refractivity contribution in [1.29, 1.82) is 0 Å². The Bertz CT molecular complexity index is 554. The van der Waals surface area contributed by atoms with E-state index >= 15 is 0 Å². The lowest BCUT2D eigenvalue weighted by Crippen LogP contribution is -2.36. The lowest BCUT2D eigenvalue weighted by Gasteiger charge is -2.24. The van der Waals surface area contributed by atoms with E-state index in [1.165, 1.54) is 17.8 Å². The Kier molecular flexibility index (Phi) is 4.16. The van der Waals surface area contributed by atoms with Crippen molar-refractivity contribution in [3.63, 3.8) is 0 Å². The maximum absolute atomic E-state index is 12.2. The van der Waals surface area contributed by atoms with Crippen LogP contribution in [0, 0.1) is 0 Å². The van der Waals surface area contributed by atoms with Crippen LogP contribution in [0.5, 0.6) is 5.75 Å². The van der Waals surface area contributed by atoms with Crippen LogP contribution in [0.15, 0.2) is 35.2 Å². The first-order valence-corrected chi connectivity index (χ1v) is 6.96. The molecule has 2 aromatic heterocycles. The molecule has 1 atom stereocenters. The molecule has 1 amide bonds. The van der Waals surface area contributed by atoms with Gasteiger partial charge in [-0.1, -0.05) is 0 Å². The minimum absolute atomic E-state index is 0.0449. The summed E-state index contributed by atoms with van der Waals surface area (Å²) in [5.74, 6) is -0.345. The standard InChI is InChI=1S/C14H16N2O2S/c1-10(8-11-5-7-19-9-11)16(2)14(18)13-12(17)4-3-6-15-13/h3-7,9-10,17H,8H2,1-2H3/t10-/m0/s1. The summed E-state index contributed by atoms with van der Waals surface area (Å²) in [6.07, 6.45) is 2.30. The van der Waals surface area contributed by atoms with E-state index in [0.717, 1.165) is 6.42 Å². The summed E-state index contributed by atoms with van der Waals surface area (Å²) in [4.78, 5) is 17.8.